The molecule has 0 aliphatic carbocycles. The molecule has 0 radical (unpaired) electrons. The lowest BCUT2D eigenvalue weighted by Crippen LogP contribution is -2.48. The van der Waals surface area contributed by atoms with Gasteiger partial charge in [-0.25, -0.2) is 4.05 Å². The highest BCUT2D eigenvalue weighted by Crippen LogP contribution is 2.37. The Morgan fingerprint density at radius 3 is 2.27 bits per heavy atom. The van der Waals surface area contributed by atoms with E-state index in [9.17, 15) is 32.1 Å². The second-order valence-corrected chi connectivity index (χ2v) is 8.33. The van der Waals surface area contributed by atoms with E-state index in [4.69, 9.17) is 0 Å². The lowest BCUT2D eigenvalue weighted by Gasteiger charge is -2.40. The van der Waals surface area contributed by atoms with Gasteiger partial charge < -0.3 is 5.21 Å². The number of nitriles is 1. The monoisotopic (exact) mass is 433 g/mol. The number of pyridine rings is 1. The Labute approximate surface area is 170 Å². The van der Waals surface area contributed by atoms with Crippen molar-refractivity contribution in [2.75, 3.05) is 0 Å². The van der Waals surface area contributed by atoms with Gasteiger partial charge in [0.15, 0.2) is 5.69 Å². The number of hydrogen-bond acceptors (Lipinski definition) is 5. The van der Waals surface area contributed by atoms with Gasteiger partial charge in [0.05, 0.1) is 5.56 Å². The van der Waals surface area contributed by atoms with Gasteiger partial charge in [0.25, 0.3) is 0 Å². The van der Waals surface area contributed by atoms with Crippen molar-refractivity contribution in [3.05, 3.63) is 95.0 Å². The summed E-state index contributed by atoms with van der Waals surface area (Å²) in [5, 5.41) is 23.3. The Morgan fingerprint density at radius 2 is 1.70 bits per heavy atom. The number of hydroxylamine groups is 1. The average molecular weight is 433 g/mol. The van der Waals surface area contributed by atoms with Crippen LogP contribution in [0.5, 0.6) is 0 Å². The lowest BCUT2D eigenvalue weighted by molar-refractivity contribution is -0.137. The van der Waals surface area contributed by atoms with E-state index in [0.717, 1.165) is 12.1 Å². The molecule has 0 spiro atoms. The fraction of sp³-hybridized carbons (Fsp3) is 0.100. The van der Waals surface area contributed by atoms with E-state index in [2.05, 4.69) is 4.98 Å². The SMILES string of the molecule is N#Cc1ccccc1[N+]([O-])(Cc1cccnc1)S(=O)(=O)c1ccc(C(F)(F)F)cc1. The molecule has 0 N–H and O–H groups in total. The van der Waals surface area contributed by atoms with Crippen molar-refractivity contribution in [3.63, 3.8) is 0 Å². The van der Waals surface area contributed by atoms with E-state index >= 15 is 0 Å². The summed E-state index contributed by atoms with van der Waals surface area (Å²) in [6.45, 7) is -0.629. The van der Waals surface area contributed by atoms with Crippen LogP contribution < -0.4 is 4.05 Å². The van der Waals surface area contributed by atoms with Gasteiger partial charge in [-0.05, 0) is 36.4 Å². The molecule has 30 heavy (non-hydrogen) atoms. The molecule has 0 amide bonds. The smallest absolute Gasteiger partial charge is 0.416 e. The molecule has 0 aliphatic rings. The standard InChI is InChI=1S/C20H14F3N3O3S/c21-20(22,23)17-7-9-18(10-8-17)30(28,29)26(27,14-15-4-3-11-25-13-15)19-6-2-1-5-16(19)12-24/h1-11,13H,14H2. The first-order chi connectivity index (χ1) is 14.1. The van der Waals surface area contributed by atoms with Crippen molar-refractivity contribution in [2.45, 2.75) is 17.6 Å². The van der Waals surface area contributed by atoms with Crippen molar-refractivity contribution in [3.8, 4) is 6.07 Å². The highest BCUT2D eigenvalue weighted by molar-refractivity contribution is 7.91. The summed E-state index contributed by atoms with van der Waals surface area (Å²) in [4.78, 5) is 3.27. The molecular formula is C20H14F3N3O3S. The number of rotatable bonds is 5. The summed E-state index contributed by atoms with van der Waals surface area (Å²) < 4.78 is 63.2. The Kier molecular flexibility index (Phi) is 5.63. The first kappa shape index (κ1) is 21.4. The minimum Gasteiger partial charge on any atom is -0.611 e. The third kappa shape index (κ3) is 3.91. The first-order valence-electron chi connectivity index (χ1n) is 8.50. The van der Waals surface area contributed by atoms with Crippen LogP contribution in [0, 0.1) is 16.5 Å². The largest absolute Gasteiger partial charge is 0.611 e. The molecule has 0 fully saturated rings. The van der Waals surface area contributed by atoms with Crippen LogP contribution in [0.15, 0.2) is 78.0 Å². The Hall–Kier alpha value is -3.26. The molecule has 1 heterocycles. The van der Waals surface area contributed by atoms with Gasteiger partial charge in [0.1, 0.15) is 23.1 Å². The summed E-state index contributed by atoms with van der Waals surface area (Å²) >= 11 is 0. The summed E-state index contributed by atoms with van der Waals surface area (Å²) in [5.41, 5.74) is -1.28. The fourth-order valence-corrected chi connectivity index (χ4v) is 4.44. The Bertz CT molecular complexity index is 1190. The zero-order valence-corrected chi connectivity index (χ0v) is 16.1. The number of para-hydroxylation sites is 1. The average Bonchev–Trinajstić information content (AvgIpc) is 2.73. The summed E-state index contributed by atoms with van der Waals surface area (Å²) in [6, 6.07) is 12.9. The summed E-state index contributed by atoms with van der Waals surface area (Å²) in [5.74, 6) is 0. The molecule has 2 aromatic carbocycles. The number of benzene rings is 2. The molecule has 154 valence electrons. The van der Waals surface area contributed by atoms with Crippen LogP contribution in [0.2, 0.25) is 0 Å². The van der Waals surface area contributed by atoms with Gasteiger partial charge in [-0.3, -0.25) is 4.98 Å². The predicted molar refractivity (Wildman–Crippen MR) is 103 cm³/mol. The Balaban J connectivity index is 2.20. The number of halogens is 3. The summed E-state index contributed by atoms with van der Waals surface area (Å²) in [7, 11) is -4.81. The molecule has 10 heteroatoms. The van der Waals surface area contributed by atoms with E-state index in [1.807, 2.05) is 0 Å². The van der Waals surface area contributed by atoms with Gasteiger partial charge in [-0.1, -0.05) is 18.2 Å². The molecule has 3 rings (SSSR count). The Morgan fingerprint density at radius 1 is 1.03 bits per heavy atom. The highest BCUT2D eigenvalue weighted by atomic mass is 32.2. The maximum Gasteiger partial charge on any atom is 0.416 e. The molecular weight excluding hydrogens is 419 g/mol. The topological polar surface area (TPSA) is 93.9 Å². The van der Waals surface area contributed by atoms with Crippen molar-refractivity contribution in [1.82, 2.24) is 9.04 Å². The van der Waals surface area contributed by atoms with Gasteiger partial charge in [0, 0.05) is 24.0 Å². The normalized spacial score (nSPS) is 14.0. The maximum atomic E-state index is 13.9. The third-order valence-corrected chi connectivity index (χ3v) is 6.34. The van der Waals surface area contributed by atoms with Crippen LogP contribution in [0.4, 0.5) is 18.9 Å². The zero-order valence-electron chi connectivity index (χ0n) is 15.2. The van der Waals surface area contributed by atoms with Gasteiger partial charge in [0.2, 0.25) is 0 Å². The van der Waals surface area contributed by atoms with Crippen molar-refractivity contribution >= 4 is 15.7 Å². The van der Waals surface area contributed by atoms with Gasteiger partial charge in [-0.15, -0.1) is 0 Å². The molecule has 0 bridgehead atoms. The second-order valence-electron chi connectivity index (χ2n) is 6.32. The highest BCUT2D eigenvalue weighted by Gasteiger charge is 2.40. The van der Waals surface area contributed by atoms with Crippen LogP contribution in [-0.2, 0) is 22.7 Å². The van der Waals surface area contributed by atoms with E-state index in [1.54, 1.807) is 6.07 Å². The summed E-state index contributed by atoms with van der Waals surface area (Å²) in [6.07, 6.45) is -1.91. The molecule has 1 atom stereocenters. The number of nitrogens with zero attached hydrogens (tertiary/aromatic N) is 3. The van der Waals surface area contributed by atoms with Crippen LogP contribution in [0.3, 0.4) is 0 Å². The van der Waals surface area contributed by atoms with Crippen LogP contribution in [0.25, 0.3) is 0 Å². The van der Waals surface area contributed by atoms with Crippen molar-refractivity contribution in [1.29, 1.82) is 5.26 Å². The zero-order chi connectivity index (χ0) is 22.0. The molecule has 0 saturated heterocycles. The van der Waals surface area contributed by atoms with Crippen LogP contribution in [-0.4, -0.2) is 13.4 Å². The molecule has 0 aliphatic heterocycles. The molecule has 1 aromatic heterocycles. The molecule has 3 aromatic rings. The number of hydrogen-bond donors (Lipinski definition) is 0. The van der Waals surface area contributed by atoms with E-state index in [0.29, 0.717) is 12.1 Å². The fourth-order valence-electron chi connectivity index (χ4n) is 2.88. The van der Waals surface area contributed by atoms with Gasteiger partial charge >= 0.3 is 16.2 Å². The van der Waals surface area contributed by atoms with E-state index in [-0.39, 0.29) is 16.8 Å². The van der Waals surface area contributed by atoms with E-state index in [1.165, 1.54) is 48.8 Å². The van der Waals surface area contributed by atoms with E-state index < -0.39 is 37.3 Å². The molecule has 1 unspecified atom stereocenters. The second kappa shape index (κ2) is 7.87. The molecule has 0 saturated carbocycles. The predicted octanol–water partition coefficient (Wildman–Crippen LogP) is 4.37. The third-order valence-electron chi connectivity index (χ3n) is 4.37. The van der Waals surface area contributed by atoms with Crippen molar-refractivity contribution in [2.24, 2.45) is 0 Å². The lowest BCUT2D eigenvalue weighted by atomic mass is 10.2. The minimum absolute atomic E-state index is 0.160. The van der Waals surface area contributed by atoms with Crippen LogP contribution >= 0.6 is 0 Å². The van der Waals surface area contributed by atoms with Crippen LogP contribution in [0.1, 0.15) is 16.7 Å². The minimum atomic E-state index is -4.81. The number of aromatic nitrogens is 1. The first-order valence-corrected chi connectivity index (χ1v) is 9.94. The van der Waals surface area contributed by atoms with Crippen molar-refractivity contribution < 1.29 is 21.6 Å². The number of sulfonamides is 1. The maximum absolute atomic E-state index is 13.9. The number of quaternary nitrogens is 1. The molecule has 6 nitrogen and oxygen atoms in total. The quantitative estimate of drug-likeness (QED) is 0.440. The number of alkyl halides is 3. The van der Waals surface area contributed by atoms with Gasteiger partial charge in [-0.2, -0.15) is 26.9 Å².